The lowest BCUT2D eigenvalue weighted by Gasteiger charge is -2.17. The van der Waals surface area contributed by atoms with Crippen LogP contribution in [-0.4, -0.2) is 25.7 Å². The average molecular weight is 329 g/mol. The monoisotopic (exact) mass is 329 g/mol. The predicted molar refractivity (Wildman–Crippen MR) is 91.4 cm³/mol. The van der Waals surface area contributed by atoms with Crippen molar-refractivity contribution in [3.8, 4) is 5.95 Å². The third kappa shape index (κ3) is 3.90. The van der Waals surface area contributed by atoms with Crippen molar-refractivity contribution in [3.63, 3.8) is 0 Å². The molecule has 1 saturated carbocycles. The fourth-order valence-electron chi connectivity index (χ4n) is 2.56. The van der Waals surface area contributed by atoms with Gasteiger partial charge >= 0.3 is 0 Å². The number of hydrogen-bond acceptors (Lipinski definition) is 4. The maximum Gasteiger partial charge on any atom is 0.252 e. The number of aromatic amines is 1. The lowest BCUT2D eigenvalue weighted by atomic mass is 9.92. The van der Waals surface area contributed by atoms with Crippen LogP contribution in [0.1, 0.15) is 57.3 Å². The van der Waals surface area contributed by atoms with Crippen molar-refractivity contribution in [1.82, 2.24) is 19.7 Å². The first-order valence-corrected chi connectivity index (χ1v) is 8.19. The number of amides is 1. The van der Waals surface area contributed by atoms with Crippen LogP contribution in [0.4, 0.5) is 5.82 Å². The van der Waals surface area contributed by atoms with Gasteiger partial charge in [0.1, 0.15) is 5.82 Å². The number of anilines is 1. The fraction of sp³-hybridized carbons (Fsp3) is 0.529. The SMILES string of the molecule is Cc1cc(=O)[nH]c(-n2nc(C3CC3)cc2NC(=O)CC(C)(C)C)n1. The van der Waals surface area contributed by atoms with Gasteiger partial charge in [-0.3, -0.25) is 14.6 Å². The highest BCUT2D eigenvalue weighted by atomic mass is 16.1. The maximum absolute atomic E-state index is 12.3. The number of aryl methyl sites for hydroxylation is 1. The number of H-pyrrole nitrogens is 1. The summed E-state index contributed by atoms with van der Waals surface area (Å²) in [6.45, 7) is 7.79. The van der Waals surface area contributed by atoms with Gasteiger partial charge in [-0.25, -0.2) is 4.98 Å². The van der Waals surface area contributed by atoms with Crippen LogP contribution in [0.25, 0.3) is 5.95 Å². The second kappa shape index (κ2) is 5.89. The molecule has 1 aliphatic carbocycles. The summed E-state index contributed by atoms with van der Waals surface area (Å²) in [5.41, 5.74) is 1.17. The summed E-state index contributed by atoms with van der Waals surface area (Å²) < 4.78 is 1.52. The van der Waals surface area contributed by atoms with E-state index in [-0.39, 0.29) is 16.9 Å². The van der Waals surface area contributed by atoms with E-state index in [4.69, 9.17) is 0 Å². The first-order valence-electron chi connectivity index (χ1n) is 8.19. The van der Waals surface area contributed by atoms with E-state index in [1.165, 1.54) is 10.7 Å². The van der Waals surface area contributed by atoms with E-state index in [1.54, 1.807) is 6.92 Å². The van der Waals surface area contributed by atoms with Gasteiger partial charge in [0.2, 0.25) is 11.9 Å². The van der Waals surface area contributed by atoms with E-state index in [0.717, 1.165) is 18.5 Å². The van der Waals surface area contributed by atoms with Crippen molar-refractivity contribution in [3.05, 3.63) is 33.9 Å². The molecule has 2 aromatic heterocycles. The van der Waals surface area contributed by atoms with Crippen molar-refractivity contribution < 1.29 is 4.79 Å². The Morgan fingerprint density at radius 1 is 1.38 bits per heavy atom. The molecule has 1 amide bonds. The van der Waals surface area contributed by atoms with Crippen molar-refractivity contribution >= 4 is 11.7 Å². The molecule has 0 saturated heterocycles. The van der Waals surface area contributed by atoms with Gasteiger partial charge in [0.25, 0.3) is 5.56 Å². The topological polar surface area (TPSA) is 92.7 Å². The molecule has 1 fully saturated rings. The lowest BCUT2D eigenvalue weighted by Crippen LogP contribution is -2.22. The summed E-state index contributed by atoms with van der Waals surface area (Å²) in [7, 11) is 0. The Morgan fingerprint density at radius 3 is 2.67 bits per heavy atom. The van der Waals surface area contributed by atoms with Crippen molar-refractivity contribution in [2.45, 2.75) is 52.9 Å². The molecule has 0 aromatic carbocycles. The molecule has 7 heteroatoms. The normalized spacial score (nSPS) is 14.7. The minimum Gasteiger partial charge on any atom is -0.310 e. The number of nitrogens with one attached hydrogen (secondary N) is 2. The Morgan fingerprint density at radius 2 is 2.08 bits per heavy atom. The van der Waals surface area contributed by atoms with Crippen LogP contribution in [0.15, 0.2) is 16.9 Å². The first-order chi connectivity index (χ1) is 11.2. The summed E-state index contributed by atoms with van der Waals surface area (Å²) in [5, 5.41) is 7.45. The highest BCUT2D eigenvalue weighted by Gasteiger charge is 2.28. The Bertz CT molecular complexity index is 824. The van der Waals surface area contributed by atoms with Crippen molar-refractivity contribution in [2.75, 3.05) is 5.32 Å². The van der Waals surface area contributed by atoms with Gasteiger partial charge in [0, 0.05) is 30.2 Å². The third-order valence-corrected chi connectivity index (χ3v) is 3.74. The van der Waals surface area contributed by atoms with Gasteiger partial charge < -0.3 is 5.32 Å². The minimum absolute atomic E-state index is 0.0824. The van der Waals surface area contributed by atoms with Gasteiger partial charge in [-0.1, -0.05) is 20.8 Å². The van der Waals surface area contributed by atoms with Gasteiger partial charge in [-0.15, -0.1) is 0 Å². The zero-order valence-corrected chi connectivity index (χ0v) is 14.5. The molecule has 3 rings (SSSR count). The van der Waals surface area contributed by atoms with E-state index in [9.17, 15) is 9.59 Å². The van der Waals surface area contributed by atoms with Crippen molar-refractivity contribution in [2.24, 2.45) is 5.41 Å². The molecule has 7 nitrogen and oxygen atoms in total. The van der Waals surface area contributed by atoms with E-state index >= 15 is 0 Å². The number of carbonyl (C=O) groups is 1. The van der Waals surface area contributed by atoms with E-state index in [1.807, 2.05) is 26.8 Å². The largest absolute Gasteiger partial charge is 0.310 e. The highest BCUT2D eigenvalue weighted by molar-refractivity contribution is 5.90. The first kappa shape index (κ1) is 16.4. The Kier molecular flexibility index (Phi) is 4.03. The van der Waals surface area contributed by atoms with Crippen LogP contribution >= 0.6 is 0 Å². The second-order valence-corrected chi connectivity index (χ2v) is 7.64. The molecule has 0 spiro atoms. The Labute approximate surface area is 140 Å². The third-order valence-electron chi connectivity index (χ3n) is 3.74. The molecule has 0 bridgehead atoms. The number of hydrogen-bond donors (Lipinski definition) is 2. The standard InChI is InChI=1S/C17H23N5O2/c1-10-7-14(23)20-16(18-10)22-13(8-12(21-22)11-5-6-11)19-15(24)9-17(2,3)4/h7-8,11H,5-6,9H2,1-4H3,(H,19,24)(H,18,20,23). The Hall–Kier alpha value is -2.44. The van der Waals surface area contributed by atoms with Crippen LogP contribution in [0.5, 0.6) is 0 Å². The zero-order chi connectivity index (χ0) is 17.5. The van der Waals surface area contributed by atoms with Crippen LogP contribution in [0.2, 0.25) is 0 Å². The molecule has 0 atom stereocenters. The van der Waals surface area contributed by atoms with E-state index in [2.05, 4.69) is 20.4 Å². The molecule has 1 aliphatic rings. The van der Waals surface area contributed by atoms with Crippen LogP contribution in [-0.2, 0) is 4.79 Å². The summed E-state index contributed by atoms with van der Waals surface area (Å²) in [5.74, 6) is 1.21. The number of rotatable bonds is 4. The number of carbonyl (C=O) groups excluding carboxylic acids is 1. The van der Waals surface area contributed by atoms with Gasteiger partial charge in [0.05, 0.1) is 5.69 Å². The molecule has 2 N–H and O–H groups in total. The lowest BCUT2D eigenvalue weighted by molar-refractivity contribution is -0.117. The fourth-order valence-corrected chi connectivity index (χ4v) is 2.56. The number of nitrogens with zero attached hydrogens (tertiary/aromatic N) is 3. The van der Waals surface area contributed by atoms with Crippen LogP contribution in [0.3, 0.4) is 0 Å². The Balaban J connectivity index is 1.95. The quantitative estimate of drug-likeness (QED) is 0.901. The average Bonchev–Trinajstić information content (AvgIpc) is 3.17. The van der Waals surface area contributed by atoms with Crippen molar-refractivity contribution in [1.29, 1.82) is 0 Å². The minimum atomic E-state index is -0.243. The second-order valence-electron chi connectivity index (χ2n) is 7.64. The molecular weight excluding hydrogens is 306 g/mol. The van der Waals surface area contributed by atoms with E-state index < -0.39 is 0 Å². The molecule has 0 radical (unpaired) electrons. The molecule has 2 heterocycles. The zero-order valence-electron chi connectivity index (χ0n) is 14.5. The van der Waals surface area contributed by atoms with Gasteiger partial charge in [-0.05, 0) is 25.2 Å². The predicted octanol–water partition coefficient (Wildman–Crippen LogP) is 2.52. The molecule has 24 heavy (non-hydrogen) atoms. The molecule has 128 valence electrons. The summed E-state index contributed by atoms with van der Waals surface area (Å²) in [4.78, 5) is 31.0. The molecule has 2 aromatic rings. The molecule has 0 unspecified atom stereocenters. The molecular formula is C17H23N5O2. The van der Waals surface area contributed by atoms with Crippen LogP contribution in [0, 0.1) is 12.3 Å². The van der Waals surface area contributed by atoms with E-state index in [0.29, 0.717) is 29.8 Å². The number of aromatic nitrogens is 4. The van der Waals surface area contributed by atoms with Gasteiger partial charge in [-0.2, -0.15) is 9.78 Å². The molecule has 0 aliphatic heterocycles. The maximum atomic E-state index is 12.3. The highest BCUT2D eigenvalue weighted by Crippen LogP contribution is 2.40. The van der Waals surface area contributed by atoms with Crippen LogP contribution < -0.4 is 10.9 Å². The summed E-state index contributed by atoms with van der Waals surface area (Å²) in [6, 6.07) is 3.30. The smallest absolute Gasteiger partial charge is 0.252 e. The summed E-state index contributed by atoms with van der Waals surface area (Å²) in [6.07, 6.45) is 2.60. The van der Waals surface area contributed by atoms with Gasteiger partial charge in [0.15, 0.2) is 0 Å². The summed E-state index contributed by atoms with van der Waals surface area (Å²) >= 11 is 0.